The summed E-state index contributed by atoms with van der Waals surface area (Å²) in [5.41, 5.74) is 1.47. The Balaban J connectivity index is 2.19. The Kier molecular flexibility index (Phi) is 4.27. The molecule has 8 heteroatoms. The fourth-order valence-electron chi connectivity index (χ4n) is 1.63. The lowest BCUT2D eigenvalue weighted by atomic mass is 10.3. The van der Waals surface area contributed by atoms with Gasteiger partial charge in [-0.15, -0.1) is 0 Å². The van der Waals surface area contributed by atoms with E-state index in [1.807, 2.05) is 31.1 Å². The monoisotopic (exact) mass is 307 g/mol. The van der Waals surface area contributed by atoms with Gasteiger partial charge in [-0.05, 0) is 24.3 Å². The van der Waals surface area contributed by atoms with Gasteiger partial charge in [0.05, 0.1) is 12.4 Å². The molecule has 0 aliphatic carbocycles. The van der Waals surface area contributed by atoms with E-state index in [9.17, 15) is 8.42 Å². The van der Waals surface area contributed by atoms with Gasteiger partial charge in [0, 0.05) is 32.5 Å². The Bertz CT molecular complexity index is 696. The minimum absolute atomic E-state index is 0.0122. The molecule has 0 fully saturated rings. The molecule has 0 spiro atoms. The van der Waals surface area contributed by atoms with Crippen LogP contribution in [0.4, 0.5) is 17.3 Å². The molecule has 2 rings (SSSR count). The van der Waals surface area contributed by atoms with Crippen LogP contribution in [0.15, 0.2) is 41.6 Å². The van der Waals surface area contributed by atoms with Gasteiger partial charge in [-0.25, -0.2) is 18.4 Å². The summed E-state index contributed by atoms with van der Waals surface area (Å²) in [7, 11) is 1.81. The van der Waals surface area contributed by atoms with E-state index in [4.69, 9.17) is 0 Å². The molecule has 0 bridgehead atoms. The summed E-state index contributed by atoms with van der Waals surface area (Å²) in [4.78, 5) is 9.73. The second kappa shape index (κ2) is 5.96. The second-order valence-corrected chi connectivity index (χ2v) is 6.22. The number of sulfonamides is 1. The smallest absolute Gasteiger partial charge is 0.264 e. The van der Waals surface area contributed by atoms with Crippen molar-refractivity contribution in [3.05, 3.63) is 36.7 Å². The molecule has 0 atom stereocenters. The summed E-state index contributed by atoms with van der Waals surface area (Å²) in [6.07, 6.45) is 2.52. The first-order valence-electron chi connectivity index (χ1n) is 6.22. The van der Waals surface area contributed by atoms with Crippen molar-refractivity contribution in [1.29, 1.82) is 0 Å². The van der Waals surface area contributed by atoms with Crippen molar-refractivity contribution in [3.8, 4) is 0 Å². The number of rotatable bonds is 5. The minimum atomic E-state index is -3.69. The third kappa shape index (κ3) is 3.60. The van der Waals surface area contributed by atoms with Crippen molar-refractivity contribution >= 4 is 27.3 Å². The molecule has 21 heavy (non-hydrogen) atoms. The SMILES string of the molecule is CNc1ncc(S(=O)(=O)Nc2ccc(N(C)C)cc2)cn1. The molecule has 0 amide bonds. The van der Waals surface area contributed by atoms with Crippen LogP contribution in [0.5, 0.6) is 0 Å². The highest BCUT2D eigenvalue weighted by molar-refractivity contribution is 7.92. The number of benzene rings is 1. The van der Waals surface area contributed by atoms with E-state index >= 15 is 0 Å². The molecule has 112 valence electrons. The van der Waals surface area contributed by atoms with Gasteiger partial charge in [-0.1, -0.05) is 0 Å². The van der Waals surface area contributed by atoms with Gasteiger partial charge >= 0.3 is 0 Å². The Morgan fingerprint density at radius 1 is 1.05 bits per heavy atom. The molecule has 0 saturated carbocycles. The maximum atomic E-state index is 12.2. The van der Waals surface area contributed by atoms with Crippen LogP contribution < -0.4 is 14.9 Å². The summed E-state index contributed by atoms with van der Waals surface area (Å²) >= 11 is 0. The molecule has 0 unspecified atom stereocenters. The van der Waals surface area contributed by atoms with Crippen molar-refractivity contribution in [2.75, 3.05) is 36.1 Å². The maximum Gasteiger partial charge on any atom is 0.264 e. The second-order valence-electron chi connectivity index (χ2n) is 4.54. The predicted molar refractivity (Wildman–Crippen MR) is 83.2 cm³/mol. The van der Waals surface area contributed by atoms with Gasteiger partial charge in [0.15, 0.2) is 0 Å². The average Bonchev–Trinajstić information content (AvgIpc) is 2.47. The highest BCUT2D eigenvalue weighted by Crippen LogP contribution is 2.19. The van der Waals surface area contributed by atoms with Crippen LogP contribution in [0.25, 0.3) is 0 Å². The van der Waals surface area contributed by atoms with Gasteiger partial charge < -0.3 is 10.2 Å². The molecule has 0 aliphatic heterocycles. The zero-order valence-corrected chi connectivity index (χ0v) is 12.8. The standard InChI is InChI=1S/C13H17N5O2S/c1-14-13-15-8-12(9-16-13)21(19,20)17-10-4-6-11(7-5-10)18(2)3/h4-9,17H,1-3H3,(H,14,15,16). The first-order valence-corrected chi connectivity index (χ1v) is 7.71. The molecule has 1 aromatic carbocycles. The summed E-state index contributed by atoms with van der Waals surface area (Å²) in [5.74, 6) is 0.365. The summed E-state index contributed by atoms with van der Waals surface area (Å²) in [5, 5.41) is 2.73. The molecule has 0 saturated heterocycles. The van der Waals surface area contributed by atoms with Crippen LogP contribution in [0.3, 0.4) is 0 Å². The summed E-state index contributed by atoms with van der Waals surface area (Å²) < 4.78 is 26.9. The molecular weight excluding hydrogens is 290 g/mol. The molecule has 0 radical (unpaired) electrons. The van der Waals surface area contributed by atoms with Crippen LogP contribution in [0, 0.1) is 0 Å². The molecule has 2 aromatic rings. The molecule has 1 aromatic heterocycles. The van der Waals surface area contributed by atoms with Crippen molar-refractivity contribution in [2.24, 2.45) is 0 Å². The Morgan fingerprint density at radius 2 is 1.62 bits per heavy atom. The minimum Gasteiger partial charge on any atom is -0.378 e. The predicted octanol–water partition coefficient (Wildman–Crippen LogP) is 1.39. The zero-order valence-electron chi connectivity index (χ0n) is 12.0. The van der Waals surface area contributed by atoms with Gasteiger partial charge in [0.2, 0.25) is 5.95 Å². The van der Waals surface area contributed by atoms with E-state index in [2.05, 4.69) is 20.0 Å². The van der Waals surface area contributed by atoms with Crippen molar-refractivity contribution < 1.29 is 8.42 Å². The van der Waals surface area contributed by atoms with E-state index in [-0.39, 0.29) is 4.90 Å². The number of nitrogens with one attached hydrogen (secondary N) is 2. The van der Waals surface area contributed by atoms with Crippen molar-refractivity contribution in [3.63, 3.8) is 0 Å². The maximum absolute atomic E-state index is 12.2. The Hall–Kier alpha value is -2.35. The van der Waals surface area contributed by atoms with Crippen LogP contribution in [-0.2, 0) is 10.0 Å². The van der Waals surface area contributed by atoms with E-state index in [1.54, 1.807) is 19.2 Å². The van der Waals surface area contributed by atoms with E-state index in [0.717, 1.165) is 5.69 Å². The normalized spacial score (nSPS) is 11.0. The molecular formula is C13H17N5O2S. The molecule has 1 heterocycles. The molecule has 7 nitrogen and oxygen atoms in total. The van der Waals surface area contributed by atoms with Gasteiger partial charge in [0.25, 0.3) is 10.0 Å². The highest BCUT2D eigenvalue weighted by Gasteiger charge is 2.15. The fourth-order valence-corrected chi connectivity index (χ4v) is 2.57. The van der Waals surface area contributed by atoms with Crippen LogP contribution in [0.2, 0.25) is 0 Å². The number of nitrogens with zero attached hydrogens (tertiary/aromatic N) is 3. The lowest BCUT2D eigenvalue weighted by Gasteiger charge is -2.13. The summed E-state index contributed by atoms with van der Waals surface area (Å²) in [6, 6.07) is 7.07. The van der Waals surface area contributed by atoms with E-state index < -0.39 is 10.0 Å². The summed E-state index contributed by atoms with van der Waals surface area (Å²) in [6.45, 7) is 0. The fraction of sp³-hybridized carbons (Fsp3) is 0.231. The highest BCUT2D eigenvalue weighted by atomic mass is 32.2. The van der Waals surface area contributed by atoms with Crippen LogP contribution >= 0.6 is 0 Å². The van der Waals surface area contributed by atoms with Crippen molar-refractivity contribution in [2.45, 2.75) is 4.90 Å². The average molecular weight is 307 g/mol. The third-order valence-corrected chi connectivity index (χ3v) is 4.13. The van der Waals surface area contributed by atoms with Gasteiger partial charge in [0.1, 0.15) is 4.90 Å². The lowest BCUT2D eigenvalue weighted by Crippen LogP contribution is -2.14. The Labute approximate surface area is 124 Å². The van der Waals surface area contributed by atoms with Crippen molar-refractivity contribution in [1.82, 2.24) is 9.97 Å². The first-order chi connectivity index (χ1) is 9.92. The first kappa shape index (κ1) is 15.0. The van der Waals surface area contributed by atoms with Gasteiger partial charge in [-0.2, -0.15) is 0 Å². The number of anilines is 3. The van der Waals surface area contributed by atoms with Crippen LogP contribution in [0.1, 0.15) is 0 Å². The van der Waals surface area contributed by atoms with Crippen LogP contribution in [-0.4, -0.2) is 39.5 Å². The lowest BCUT2D eigenvalue weighted by molar-refractivity contribution is 0.600. The number of hydrogen-bond acceptors (Lipinski definition) is 6. The Morgan fingerprint density at radius 3 is 2.10 bits per heavy atom. The van der Waals surface area contributed by atoms with E-state index in [1.165, 1.54) is 12.4 Å². The zero-order chi connectivity index (χ0) is 15.5. The topological polar surface area (TPSA) is 87.2 Å². The van der Waals surface area contributed by atoms with E-state index in [0.29, 0.717) is 11.6 Å². The number of hydrogen-bond donors (Lipinski definition) is 2. The molecule has 0 aliphatic rings. The molecule has 2 N–H and O–H groups in total. The third-order valence-electron chi connectivity index (χ3n) is 2.80. The quantitative estimate of drug-likeness (QED) is 0.868. The largest absolute Gasteiger partial charge is 0.378 e. The van der Waals surface area contributed by atoms with Gasteiger partial charge in [-0.3, -0.25) is 4.72 Å². The number of aromatic nitrogens is 2.